The van der Waals surface area contributed by atoms with Gasteiger partial charge in [0.2, 0.25) is 11.7 Å². The summed E-state index contributed by atoms with van der Waals surface area (Å²) in [5, 5.41) is 10.8. The Labute approximate surface area is 121 Å². The fourth-order valence-electron chi connectivity index (χ4n) is 2.09. The highest BCUT2D eigenvalue weighted by Gasteiger charge is 2.39. The lowest BCUT2D eigenvalue weighted by molar-refractivity contribution is -0.116. The molecule has 0 spiro atoms. The summed E-state index contributed by atoms with van der Waals surface area (Å²) >= 11 is 0. The number of carbonyl (C=O) groups excluding carboxylic acids is 1. The molecular weight excluding hydrogens is 268 g/mol. The van der Waals surface area contributed by atoms with Gasteiger partial charge in [0.15, 0.2) is 5.66 Å². The van der Waals surface area contributed by atoms with Crippen LogP contribution in [0.25, 0.3) is 5.78 Å². The standard InChI is InChI=1S/C14H14N6O/c1-2-3-5-14(18-19-14)6-4-12(21)17-11-9-16-13-15-7-8-20(13)10-11/h1,7-10H,3-6H2,(H,17,21). The Morgan fingerprint density at radius 2 is 2.24 bits per heavy atom. The summed E-state index contributed by atoms with van der Waals surface area (Å²) in [6, 6.07) is 0. The van der Waals surface area contributed by atoms with Crippen LogP contribution >= 0.6 is 0 Å². The summed E-state index contributed by atoms with van der Waals surface area (Å²) in [5.41, 5.74) is 0.212. The van der Waals surface area contributed by atoms with Crippen molar-refractivity contribution >= 4 is 17.4 Å². The second-order valence-corrected chi connectivity index (χ2v) is 4.91. The van der Waals surface area contributed by atoms with E-state index < -0.39 is 5.66 Å². The van der Waals surface area contributed by atoms with E-state index in [4.69, 9.17) is 6.42 Å². The molecule has 7 heteroatoms. The van der Waals surface area contributed by atoms with E-state index in [1.54, 1.807) is 29.2 Å². The Morgan fingerprint density at radius 1 is 1.38 bits per heavy atom. The molecule has 1 aliphatic rings. The second kappa shape index (κ2) is 5.32. The van der Waals surface area contributed by atoms with Gasteiger partial charge < -0.3 is 5.32 Å². The average Bonchev–Trinajstić information content (AvgIpc) is 3.11. The van der Waals surface area contributed by atoms with Gasteiger partial charge in [-0.25, -0.2) is 9.97 Å². The summed E-state index contributed by atoms with van der Waals surface area (Å²) < 4.78 is 1.75. The first-order chi connectivity index (χ1) is 10.2. The Hall–Kier alpha value is -2.75. The van der Waals surface area contributed by atoms with E-state index in [1.165, 1.54) is 0 Å². The predicted octanol–water partition coefficient (Wildman–Crippen LogP) is 2.02. The van der Waals surface area contributed by atoms with Gasteiger partial charge in [-0.15, -0.1) is 12.3 Å². The number of hydrogen-bond acceptors (Lipinski definition) is 5. The molecule has 2 aromatic rings. The molecule has 0 unspecified atom stereocenters. The van der Waals surface area contributed by atoms with Crippen molar-refractivity contribution in [2.75, 3.05) is 5.32 Å². The molecule has 1 N–H and O–H groups in total. The van der Waals surface area contributed by atoms with Crippen molar-refractivity contribution in [3.05, 3.63) is 24.8 Å². The van der Waals surface area contributed by atoms with Crippen LogP contribution in [0.15, 0.2) is 35.0 Å². The van der Waals surface area contributed by atoms with E-state index in [-0.39, 0.29) is 5.91 Å². The largest absolute Gasteiger partial charge is 0.324 e. The predicted molar refractivity (Wildman–Crippen MR) is 76.5 cm³/mol. The molecule has 0 saturated heterocycles. The number of amides is 1. The zero-order chi connectivity index (χ0) is 14.7. The number of fused-ring (bicyclic) bond motifs is 1. The maximum absolute atomic E-state index is 11.9. The first-order valence-corrected chi connectivity index (χ1v) is 6.67. The van der Waals surface area contributed by atoms with Crippen LogP contribution in [0, 0.1) is 12.3 Å². The first kappa shape index (κ1) is 13.2. The molecule has 7 nitrogen and oxygen atoms in total. The highest BCUT2D eigenvalue weighted by Crippen LogP contribution is 2.37. The van der Waals surface area contributed by atoms with Crippen LogP contribution in [0.3, 0.4) is 0 Å². The van der Waals surface area contributed by atoms with Gasteiger partial charge in [0.25, 0.3) is 0 Å². The van der Waals surface area contributed by atoms with Crippen molar-refractivity contribution in [1.82, 2.24) is 14.4 Å². The number of nitrogens with one attached hydrogen (secondary N) is 1. The van der Waals surface area contributed by atoms with Crippen molar-refractivity contribution in [3.8, 4) is 12.3 Å². The van der Waals surface area contributed by atoms with Crippen molar-refractivity contribution in [2.24, 2.45) is 10.2 Å². The van der Waals surface area contributed by atoms with Crippen LogP contribution in [0.2, 0.25) is 0 Å². The van der Waals surface area contributed by atoms with Gasteiger partial charge in [-0.2, -0.15) is 10.2 Å². The number of rotatable bonds is 6. The van der Waals surface area contributed by atoms with Gasteiger partial charge in [-0.3, -0.25) is 9.20 Å². The van der Waals surface area contributed by atoms with Gasteiger partial charge in [0, 0.05) is 44.3 Å². The third-order valence-corrected chi connectivity index (χ3v) is 3.33. The molecule has 2 aromatic heterocycles. The van der Waals surface area contributed by atoms with Gasteiger partial charge >= 0.3 is 0 Å². The molecule has 0 bridgehead atoms. The van der Waals surface area contributed by atoms with E-state index >= 15 is 0 Å². The Morgan fingerprint density at radius 3 is 3.00 bits per heavy atom. The molecule has 0 saturated carbocycles. The molecule has 0 fully saturated rings. The van der Waals surface area contributed by atoms with Crippen LogP contribution in [0.4, 0.5) is 5.69 Å². The minimum Gasteiger partial charge on any atom is -0.324 e. The number of terminal acetylenes is 1. The quantitative estimate of drug-likeness (QED) is 0.823. The van der Waals surface area contributed by atoms with Crippen molar-refractivity contribution < 1.29 is 4.79 Å². The highest BCUT2D eigenvalue weighted by molar-refractivity contribution is 5.90. The Balaban J connectivity index is 1.53. The van der Waals surface area contributed by atoms with Crippen molar-refractivity contribution in [2.45, 2.75) is 31.3 Å². The molecular formula is C14H14N6O. The number of nitrogens with zero attached hydrogens (tertiary/aromatic N) is 5. The highest BCUT2D eigenvalue weighted by atomic mass is 16.1. The summed E-state index contributed by atoms with van der Waals surface area (Å²) in [6.45, 7) is 0. The SMILES string of the molecule is C#CCCC1(CCC(=O)Nc2cnc3nccn3c2)N=N1. The first-order valence-electron chi connectivity index (χ1n) is 6.67. The van der Waals surface area contributed by atoms with E-state index in [0.717, 1.165) is 0 Å². The van der Waals surface area contributed by atoms with Gasteiger partial charge in [0.05, 0.1) is 11.9 Å². The smallest absolute Gasteiger partial charge is 0.233 e. The van der Waals surface area contributed by atoms with Crippen LogP contribution < -0.4 is 5.32 Å². The van der Waals surface area contributed by atoms with Gasteiger partial charge in [-0.05, 0) is 0 Å². The van der Waals surface area contributed by atoms with Crippen LogP contribution in [-0.4, -0.2) is 25.9 Å². The Bertz CT molecular complexity index is 735. The maximum Gasteiger partial charge on any atom is 0.233 e. The third kappa shape index (κ3) is 3.05. The number of anilines is 1. The maximum atomic E-state index is 11.9. The molecule has 1 amide bonds. The molecule has 0 radical (unpaired) electrons. The van der Waals surface area contributed by atoms with Crippen LogP contribution in [0.1, 0.15) is 25.7 Å². The summed E-state index contributed by atoms with van der Waals surface area (Å²) in [6.07, 6.45) is 14.3. The monoisotopic (exact) mass is 282 g/mol. The number of hydrogen-bond donors (Lipinski definition) is 1. The number of carbonyl (C=O) groups is 1. The average molecular weight is 282 g/mol. The van der Waals surface area contributed by atoms with E-state index in [1.807, 2.05) is 0 Å². The summed E-state index contributed by atoms with van der Waals surface area (Å²) in [7, 11) is 0. The zero-order valence-corrected chi connectivity index (χ0v) is 11.4. The van der Waals surface area contributed by atoms with Gasteiger partial charge in [-0.1, -0.05) is 0 Å². The topological polar surface area (TPSA) is 84.0 Å². The normalized spacial score (nSPS) is 14.8. The number of imidazole rings is 1. The fraction of sp³-hybridized carbons (Fsp3) is 0.357. The molecule has 3 rings (SSSR count). The molecule has 0 aliphatic carbocycles. The summed E-state index contributed by atoms with van der Waals surface area (Å²) in [4.78, 5) is 20.1. The summed E-state index contributed by atoms with van der Waals surface area (Å²) in [5.74, 6) is 3.07. The van der Waals surface area contributed by atoms with Crippen LogP contribution in [0.5, 0.6) is 0 Å². The molecule has 0 aromatic carbocycles. The minimum absolute atomic E-state index is 0.0892. The van der Waals surface area contributed by atoms with Crippen molar-refractivity contribution in [3.63, 3.8) is 0 Å². The lowest BCUT2D eigenvalue weighted by atomic mass is 10.0. The minimum atomic E-state index is -0.420. The van der Waals surface area contributed by atoms with Gasteiger partial charge in [0.1, 0.15) is 0 Å². The molecule has 0 atom stereocenters. The van der Waals surface area contributed by atoms with Crippen LogP contribution in [-0.2, 0) is 4.79 Å². The molecule has 1 aliphatic heterocycles. The van der Waals surface area contributed by atoms with E-state index in [2.05, 4.69) is 31.4 Å². The van der Waals surface area contributed by atoms with E-state index in [9.17, 15) is 4.79 Å². The third-order valence-electron chi connectivity index (χ3n) is 3.33. The Kier molecular flexibility index (Phi) is 3.36. The second-order valence-electron chi connectivity index (χ2n) is 4.91. The lowest BCUT2D eigenvalue weighted by Crippen LogP contribution is -2.18. The van der Waals surface area contributed by atoms with E-state index in [0.29, 0.717) is 37.1 Å². The lowest BCUT2D eigenvalue weighted by Gasteiger charge is -2.09. The number of aromatic nitrogens is 3. The zero-order valence-electron chi connectivity index (χ0n) is 11.4. The molecule has 3 heterocycles. The molecule has 106 valence electrons. The fourth-order valence-corrected chi connectivity index (χ4v) is 2.09. The molecule has 21 heavy (non-hydrogen) atoms. The van der Waals surface area contributed by atoms with Crippen molar-refractivity contribution in [1.29, 1.82) is 0 Å².